The quantitative estimate of drug-likeness (QED) is 0.0733. The minimum Gasteiger partial charge on any atom is -0.452 e. The minimum absolute atomic E-state index is 0.217. The summed E-state index contributed by atoms with van der Waals surface area (Å²) in [4.78, 5) is 41.4. The summed E-state index contributed by atoms with van der Waals surface area (Å²) in [6.07, 6.45) is -9.53. The van der Waals surface area contributed by atoms with Gasteiger partial charge in [0.25, 0.3) is 0 Å². The standard InChI is InChI=1S/C48H56O13Si/c1-47(2,3)62(48(4,5)6)55-30-36-38(61-62)40(53-28-31-20-12-8-13-21-31)46(57-36)54-29-35-37(58-42(49)32-22-14-9-15-23-32)39(59-43(50)33-24-16-10-17-25-33)41(45(52-7)56-35)60-44(51)34-26-18-11-19-27-34/h8-27,35-41,45-46H,28-30H2,1-7H3/t35-,36-,37-,38-,39+,40+,41+,45+,46?/m1/s1. The van der Waals surface area contributed by atoms with Crippen LogP contribution in [0.15, 0.2) is 121 Å². The Hall–Kier alpha value is -4.77. The van der Waals surface area contributed by atoms with Crippen molar-refractivity contribution in [1.29, 1.82) is 0 Å². The second-order valence-electron chi connectivity index (χ2n) is 17.6. The number of hydrogen-bond donors (Lipinski definition) is 0. The number of hydrogen-bond acceptors (Lipinski definition) is 13. The Kier molecular flexibility index (Phi) is 14.1. The van der Waals surface area contributed by atoms with Crippen molar-refractivity contribution in [3.63, 3.8) is 0 Å². The van der Waals surface area contributed by atoms with E-state index in [9.17, 15) is 14.4 Å². The van der Waals surface area contributed by atoms with Gasteiger partial charge in [-0.25, -0.2) is 14.4 Å². The van der Waals surface area contributed by atoms with E-state index in [0.717, 1.165) is 5.56 Å². The number of esters is 3. The Balaban J connectivity index is 1.22. The second-order valence-corrected chi connectivity index (χ2v) is 22.4. The highest BCUT2D eigenvalue weighted by molar-refractivity contribution is 6.73. The number of ether oxygens (including phenoxy) is 8. The fourth-order valence-corrected chi connectivity index (χ4v) is 13.4. The van der Waals surface area contributed by atoms with Crippen molar-refractivity contribution >= 4 is 26.5 Å². The van der Waals surface area contributed by atoms with Crippen LogP contribution in [-0.2, 0) is 53.4 Å². The van der Waals surface area contributed by atoms with Gasteiger partial charge in [-0.15, -0.1) is 0 Å². The third kappa shape index (κ3) is 9.88. The van der Waals surface area contributed by atoms with Gasteiger partial charge in [-0.05, 0) is 42.0 Å². The number of carbonyl (C=O) groups is 3. The fraction of sp³-hybridized carbons (Fsp3) is 0.438. The maximum absolute atomic E-state index is 13.9. The van der Waals surface area contributed by atoms with E-state index in [4.69, 9.17) is 46.7 Å². The molecule has 0 N–H and O–H groups in total. The molecular formula is C48H56O13Si. The summed E-state index contributed by atoms with van der Waals surface area (Å²) < 4.78 is 64.5. The smallest absolute Gasteiger partial charge is 0.349 e. The molecule has 3 saturated heterocycles. The Morgan fingerprint density at radius 3 is 1.53 bits per heavy atom. The first kappa shape index (κ1) is 45.3. The molecule has 3 fully saturated rings. The highest BCUT2D eigenvalue weighted by atomic mass is 28.4. The predicted octanol–water partition coefficient (Wildman–Crippen LogP) is 7.82. The van der Waals surface area contributed by atoms with Crippen LogP contribution in [-0.4, -0.2) is 102 Å². The SMILES string of the molecule is CO[C@H]1O[C@H](COC2O[C@@H]3CO[Si](C(C)(C)C)(C(C)(C)C)O[C@H]3[C@@H]2OCc2ccccc2)[C@@H](OC(=O)c2ccccc2)[C@H](OC(=O)c2ccccc2)[C@@H]1OC(=O)c1ccccc1. The van der Waals surface area contributed by atoms with Crippen LogP contribution in [0.2, 0.25) is 10.1 Å². The maximum Gasteiger partial charge on any atom is 0.349 e. The molecule has 0 radical (unpaired) electrons. The number of methoxy groups -OCH3 is 1. The van der Waals surface area contributed by atoms with Crippen molar-refractivity contribution in [2.75, 3.05) is 20.3 Å². The highest BCUT2D eigenvalue weighted by Crippen LogP contribution is 2.55. The zero-order valence-corrected chi connectivity index (χ0v) is 37.2. The second kappa shape index (κ2) is 19.3. The van der Waals surface area contributed by atoms with Crippen LogP contribution in [0.5, 0.6) is 0 Å². The van der Waals surface area contributed by atoms with E-state index in [1.54, 1.807) is 91.0 Å². The first-order chi connectivity index (χ1) is 29.7. The van der Waals surface area contributed by atoms with Crippen molar-refractivity contribution in [2.45, 2.75) is 114 Å². The van der Waals surface area contributed by atoms with E-state index in [1.807, 2.05) is 30.3 Å². The third-order valence-corrected chi connectivity index (χ3v) is 16.4. The fourth-order valence-electron chi connectivity index (χ4n) is 8.47. The van der Waals surface area contributed by atoms with Crippen LogP contribution in [0.25, 0.3) is 0 Å². The molecule has 0 aliphatic carbocycles. The Bertz CT molecular complexity index is 2080. The summed E-state index contributed by atoms with van der Waals surface area (Å²) in [5, 5.41) is -0.625. The molecule has 0 amide bonds. The van der Waals surface area contributed by atoms with E-state index in [-0.39, 0.29) is 46.6 Å². The molecule has 7 rings (SSSR count). The van der Waals surface area contributed by atoms with E-state index in [2.05, 4.69) is 41.5 Å². The summed E-state index contributed by atoms with van der Waals surface area (Å²) in [7, 11) is -1.62. The summed E-state index contributed by atoms with van der Waals surface area (Å²) in [6, 6.07) is 34.7. The molecule has 0 bridgehead atoms. The number of fused-ring (bicyclic) bond motifs is 1. The molecule has 3 aliphatic heterocycles. The van der Waals surface area contributed by atoms with Crippen LogP contribution in [0.1, 0.15) is 78.2 Å². The van der Waals surface area contributed by atoms with Gasteiger partial charge in [-0.2, -0.15) is 0 Å². The third-order valence-electron chi connectivity index (χ3n) is 11.3. The molecule has 4 aromatic rings. The van der Waals surface area contributed by atoms with Gasteiger partial charge in [0.2, 0.25) is 0 Å². The normalized spacial score (nSPS) is 27.1. The molecule has 0 saturated carbocycles. The van der Waals surface area contributed by atoms with Crippen molar-refractivity contribution in [3.8, 4) is 0 Å². The molecule has 0 aromatic heterocycles. The molecule has 62 heavy (non-hydrogen) atoms. The highest BCUT2D eigenvalue weighted by Gasteiger charge is 2.65. The Morgan fingerprint density at radius 2 is 1.05 bits per heavy atom. The van der Waals surface area contributed by atoms with Crippen molar-refractivity contribution < 1.29 is 61.1 Å². The number of carbonyl (C=O) groups excluding carboxylic acids is 3. The Labute approximate surface area is 364 Å². The van der Waals surface area contributed by atoms with Gasteiger partial charge in [0.15, 0.2) is 30.9 Å². The minimum atomic E-state index is -2.99. The largest absolute Gasteiger partial charge is 0.452 e. The molecule has 13 nitrogen and oxygen atoms in total. The molecule has 1 unspecified atom stereocenters. The average Bonchev–Trinajstić information content (AvgIpc) is 3.62. The maximum atomic E-state index is 13.9. The monoisotopic (exact) mass is 868 g/mol. The van der Waals surface area contributed by atoms with Gasteiger partial charge in [0.1, 0.15) is 24.4 Å². The average molecular weight is 869 g/mol. The molecule has 9 atom stereocenters. The van der Waals surface area contributed by atoms with Crippen LogP contribution >= 0.6 is 0 Å². The van der Waals surface area contributed by atoms with E-state index < -0.39 is 81.8 Å². The summed E-state index contributed by atoms with van der Waals surface area (Å²) >= 11 is 0. The number of rotatable bonds is 13. The summed E-state index contributed by atoms with van der Waals surface area (Å²) in [5.41, 5.74) is 1.63. The summed E-state index contributed by atoms with van der Waals surface area (Å²) in [6.45, 7) is 13.1. The van der Waals surface area contributed by atoms with Crippen molar-refractivity contribution in [3.05, 3.63) is 144 Å². The lowest BCUT2D eigenvalue weighted by atomic mass is 9.97. The van der Waals surface area contributed by atoms with Crippen LogP contribution < -0.4 is 0 Å². The van der Waals surface area contributed by atoms with Crippen LogP contribution in [0.4, 0.5) is 0 Å². The Morgan fingerprint density at radius 1 is 0.581 bits per heavy atom. The van der Waals surface area contributed by atoms with E-state index in [0.29, 0.717) is 0 Å². The van der Waals surface area contributed by atoms with Gasteiger partial charge < -0.3 is 46.7 Å². The molecule has 14 heteroatoms. The molecule has 3 aliphatic rings. The van der Waals surface area contributed by atoms with Crippen molar-refractivity contribution in [2.24, 2.45) is 0 Å². The zero-order chi connectivity index (χ0) is 44.1. The predicted molar refractivity (Wildman–Crippen MR) is 228 cm³/mol. The first-order valence-corrected chi connectivity index (χ1v) is 22.7. The first-order valence-electron chi connectivity index (χ1n) is 20.9. The number of benzene rings is 4. The van der Waals surface area contributed by atoms with Crippen LogP contribution in [0.3, 0.4) is 0 Å². The van der Waals surface area contributed by atoms with Crippen molar-refractivity contribution in [1.82, 2.24) is 0 Å². The molecule has 0 spiro atoms. The molecule has 4 aromatic carbocycles. The molecule has 330 valence electrons. The molecule has 3 heterocycles. The summed E-state index contributed by atoms with van der Waals surface area (Å²) in [5.74, 6) is -2.23. The van der Waals surface area contributed by atoms with Crippen LogP contribution in [0, 0.1) is 0 Å². The van der Waals surface area contributed by atoms with E-state index in [1.165, 1.54) is 7.11 Å². The van der Waals surface area contributed by atoms with Gasteiger partial charge in [-0.3, -0.25) is 0 Å². The zero-order valence-electron chi connectivity index (χ0n) is 36.2. The lowest BCUT2D eigenvalue weighted by Crippen LogP contribution is -2.65. The van der Waals surface area contributed by atoms with Gasteiger partial charge in [-0.1, -0.05) is 126 Å². The van der Waals surface area contributed by atoms with Gasteiger partial charge >= 0.3 is 26.5 Å². The van der Waals surface area contributed by atoms with E-state index >= 15 is 0 Å². The lowest BCUT2D eigenvalue weighted by molar-refractivity contribution is -0.302. The topological polar surface area (TPSA) is 144 Å². The van der Waals surface area contributed by atoms with Gasteiger partial charge in [0.05, 0.1) is 36.5 Å². The molecular weight excluding hydrogens is 813 g/mol. The lowest BCUT2D eigenvalue weighted by Gasteiger charge is -2.53. The van der Waals surface area contributed by atoms with Gasteiger partial charge in [0, 0.05) is 17.2 Å².